The molecule has 0 aliphatic rings. The molecule has 100 valence electrons. The van der Waals surface area contributed by atoms with E-state index >= 15 is 0 Å². The van der Waals surface area contributed by atoms with Crippen LogP contribution in [-0.2, 0) is 11.3 Å². The van der Waals surface area contributed by atoms with Gasteiger partial charge in [0.2, 0.25) is 5.91 Å². The van der Waals surface area contributed by atoms with E-state index in [4.69, 9.17) is 5.73 Å². The number of hydrogen-bond donors (Lipinski definition) is 2. The van der Waals surface area contributed by atoms with Gasteiger partial charge in [0.25, 0.3) is 0 Å². The number of nitrogens with one attached hydrogen (secondary N) is 1. The van der Waals surface area contributed by atoms with Crippen molar-refractivity contribution in [2.24, 2.45) is 5.73 Å². The van der Waals surface area contributed by atoms with Crippen molar-refractivity contribution >= 4 is 17.2 Å². The average Bonchev–Trinajstić information content (AvgIpc) is 2.86. The maximum atomic E-state index is 11.2. The van der Waals surface area contributed by atoms with Crippen molar-refractivity contribution in [3.8, 4) is 11.3 Å². The van der Waals surface area contributed by atoms with Gasteiger partial charge < -0.3 is 5.73 Å². The average molecular weight is 275 g/mol. The Hall–Kier alpha value is -1.72. The van der Waals surface area contributed by atoms with Crippen molar-refractivity contribution in [2.45, 2.75) is 25.9 Å². The zero-order valence-electron chi connectivity index (χ0n) is 11.0. The fourth-order valence-corrected chi connectivity index (χ4v) is 2.26. The molecular formula is C14H17N3OS. The fourth-order valence-electron chi connectivity index (χ4n) is 1.52. The van der Waals surface area contributed by atoms with Gasteiger partial charge >= 0.3 is 0 Å². The highest BCUT2D eigenvalue weighted by atomic mass is 32.1. The van der Waals surface area contributed by atoms with Gasteiger partial charge in [0.1, 0.15) is 5.01 Å². The van der Waals surface area contributed by atoms with Gasteiger partial charge in [-0.1, -0.05) is 30.3 Å². The molecule has 0 saturated carbocycles. The number of hydrogen-bond acceptors (Lipinski definition) is 4. The largest absolute Gasteiger partial charge is 0.368 e. The summed E-state index contributed by atoms with van der Waals surface area (Å²) >= 11 is 1.57. The predicted octanol–water partition coefficient (Wildman–Crippen LogP) is 2.16. The van der Waals surface area contributed by atoms with E-state index in [1.165, 1.54) is 0 Å². The first kappa shape index (κ1) is 13.7. The van der Waals surface area contributed by atoms with E-state index in [9.17, 15) is 4.79 Å². The summed E-state index contributed by atoms with van der Waals surface area (Å²) in [5.74, 6) is -0.368. The quantitative estimate of drug-likeness (QED) is 0.878. The van der Waals surface area contributed by atoms with Gasteiger partial charge in [0.15, 0.2) is 0 Å². The summed E-state index contributed by atoms with van der Waals surface area (Å²) < 4.78 is 0. The van der Waals surface area contributed by atoms with Crippen LogP contribution in [-0.4, -0.2) is 16.4 Å². The Balaban J connectivity index is 2.05. The second kappa shape index (κ2) is 5.50. The summed E-state index contributed by atoms with van der Waals surface area (Å²) in [6, 6.07) is 10.0. The SMILES string of the molecule is CC(C)(NCc1nc(-c2ccccc2)cs1)C(N)=O. The first-order chi connectivity index (χ1) is 8.99. The Morgan fingerprint density at radius 1 is 1.37 bits per heavy atom. The summed E-state index contributed by atoms with van der Waals surface area (Å²) in [6.45, 7) is 4.07. The maximum Gasteiger partial charge on any atom is 0.237 e. The molecule has 0 spiro atoms. The second-order valence-electron chi connectivity index (χ2n) is 4.84. The maximum absolute atomic E-state index is 11.2. The predicted molar refractivity (Wildman–Crippen MR) is 77.7 cm³/mol. The molecule has 0 aliphatic carbocycles. The highest BCUT2D eigenvalue weighted by Gasteiger charge is 2.24. The van der Waals surface area contributed by atoms with E-state index in [1.807, 2.05) is 35.7 Å². The number of benzene rings is 1. The summed E-state index contributed by atoms with van der Waals surface area (Å²) in [7, 11) is 0. The van der Waals surface area contributed by atoms with Crippen molar-refractivity contribution in [3.63, 3.8) is 0 Å². The molecule has 0 atom stereocenters. The molecule has 0 bridgehead atoms. The molecule has 1 aromatic carbocycles. The van der Waals surface area contributed by atoms with E-state index < -0.39 is 5.54 Å². The van der Waals surface area contributed by atoms with E-state index in [0.29, 0.717) is 6.54 Å². The highest BCUT2D eigenvalue weighted by Crippen LogP contribution is 2.21. The Morgan fingerprint density at radius 2 is 2.05 bits per heavy atom. The zero-order chi connectivity index (χ0) is 13.9. The van der Waals surface area contributed by atoms with Gasteiger partial charge in [0.05, 0.1) is 11.2 Å². The van der Waals surface area contributed by atoms with Crippen LogP contribution in [0, 0.1) is 0 Å². The van der Waals surface area contributed by atoms with Gasteiger partial charge in [-0.3, -0.25) is 10.1 Å². The molecule has 0 radical (unpaired) electrons. The van der Waals surface area contributed by atoms with Crippen LogP contribution in [0.2, 0.25) is 0 Å². The number of aromatic nitrogens is 1. The number of rotatable bonds is 5. The fraction of sp³-hybridized carbons (Fsp3) is 0.286. The number of carbonyl (C=O) groups is 1. The van der Waals surface area contributed by atoms with Crippen LogP contribution in [0.15, 0.2) is 35.7 Å². The molecular weight excluding hydrogens is 258 g/mol. The molecule has 2 aromatic rings. The van der Waals surface area contributed by atoms with Gasteiger partial charge in [0, 0.05) is 17.5 Å². The molecule has 3 N–H and O–H groups in total. The molecule has 2 rings (SSSR count). The van der Waals surface area contributed by atoms with Crippen LogP contribution in [0.1, 0.15) is 18.9 Å². The highest BCUT2D eigenvalue weighted by molar-refractivity contribution is 7.09. The van der Waals surface area contributed by atoms with E-state index in [2.05, 4.69) is 10.3 Å². The molecule has 0 unspecified atom stereocenters. The Bertz CT molecular complexity index is 563. The molecule has 4 nitrogen and oxygen atoms in total. The van der Waals surface area contributed by atoms with Gasteiger partial charge in [-0.25, -0.2) is 4.98 Å². The summed E-state index contributed by atoms with van der Waals surface area (Å²) in [5.41, 5.74) is 6.64. The normalized spacial score (nSPS) is 11.5. The minimum Gasteiger partial charge on any atom is -0.368 e. The van der Waals surface area contributed by atoms with E-state index in [-0.39, 0.29) is 5.91 Å². The summed E-state index contributed by atoms with van der Waals surface area (Å²) in [6.07, 6.45) is 0. The smallest absolute Gasteiger partial charge is 0.237 e. The second-order valence-corrected chi connectivity index (χ2v) is 5.78. The van der Waals surface area contributed by atoms with Crippen molar-refractivity contribution in [2.75, 3.05) is 0 Å². The van der Waals surface area contributed by atoms with Crippen molar-refractivity contribution in [1.29, 1.82) is 0 Å². The number of nitrogens with two attached hydrogens (primary N) is 1. The standard InChI is InChI=1S/C14H17N3OS/c1-14(2,13(15)18)16-8-12-17-11(9-19-12)10-6-4-3-5-7-10/h3-7,9,16H,8H2,1-2H3,(H2,15,18). The van der Waals surface area contributed by atoms with Crippen molar-refractivity contribution < 1.29 is 4.79 Å². The lowest BCUT2D eigenvalue weighted by Crippen LogP contribution is -2.50. The van der Waals surface area contributed by atoms with E-state index in [0.717, 1.165) is 16.3 Å². The third kappa shape index (κ3) is 3.39. The molecule has 0 fully saturated rings. The number of thiazole rings is 1. The van der Waals surface area contributed by atoms with Crippen molar-refractivity contribution in [1.82, 2.24) is 10.3 Å². The number of primary amides is 1. The third-order valence-electron chi connectivity index (χ3n) is 2.92. The lowest BCUT2D eigenvalue weighted by molar-refractivity contribution is -0.123. The minimum atomic E-state index is -0.724. The first-order valence-corrected chi connectivity index (χ1v) is 6.92. The Kier molecular flexibility index (Phi) is 3.97. The topological polar surface area (TPSA) is 68.0 Å². The summed E-state index contributed by atoms with van der Waals surface area (Å²) in [5, 5.41) is 6.07. The zero-order valence-corrected chi connectivity index (χ0v) is 11.8. The van der Waals surface area contributed by atoms with Crippen LogP contribution in [0.25, 0.3) is 11.3 Å². The van der Waals surface area contributed by atoms with Gasteiger partial charge in [-0.15, -0.1) is 11.3 Å². The molecule has 0 saturated heterocycles. The first-order valence-electron chi connectivity index (χ1n) is 6.04. The molecule has 1 aromatic heterocycles. The number of carbonyl (C=O) groups excluding carboxylic acids is 1. The molecule has 0 aliphatic heterocycles. The van der Waals surface area contributed by atoms with Crippen LogP contribution >= 0.6 is 11.3 Å². The lowest BCUT2D eigenvalue weighted by Gasteiger charge is -2.21. The third-order valence-corrected chi connectivity index (χ3v) is 3.77. The van der Waals surface area contributed by atoms with E-state index in [1.54, 1.807) is 25.2 Å². The van der Waals surface area contributed by atoms with Gasteiger partial charge in [-0.05, 0) is 13.8 Å². The molecule has 1 amide bonds. The van der Waals surface area contributed by atoms with Crippen LogP contribution in [0.3, 0.4) is 0 Å². The molecule has 1 heterocycles. The molecule has 5 heteroatoms. The van der Waals surface area contributed by atoms with Crippen LogP contribution in [0.5, 0.6) is 0 Å². The number of amides is 1. The van der Waals surface area contributed by atoms with Crippen LogP contribution < -0.4 is 11.1 Å². The lowest BCUT2D eigenvalue weighted by atomic mass is 10.1. The summed E-state index contributed by atoms with van der Waals surface area (Å²) in [4.78, 5) is 15.8. The number of nitrogens with zero attached hydrogens (tertiary/aromatic N) is 1. The van der Waals surface area contributed by atoms with Crippen molar-refractivity contribution in [3.05, 3.63) is 40.7 Å². The minimum absolute atomic E-state index is 0.368. The van der Waals surface area contributed by atoms with Gasteiger partial charge in [-0.2, -0.15) is 0 Å². The Labute approximate surface area is 116 Å². The molecule has 19 heavy (non-hydrogen) atoms. The monoisotopic (exact) mass is 275 g/mol. The van der Waals surface area contributed by atoms with Crippen LogP contribution in [0.4, 0.5) is 0 Å². The Morgan fingerprint density at radius 3 is 2.68 bits per heavy atom.